The lowest BCUT2D eigenvalue weighted by molar-refractivity contribution is -0.137. The van der Waals surface area contributed by atoms with E-state index in [-0.39, 0.29) is 28.8 Å². The van der Waals surface area contributed by atoms with Crippen LogP contribution in [-0.4, -0.2) is 91.2 Å². The minimum absolute atomic E-state index is 0.0345. The van der Waals surface area contributed by atoms with Crippen LogP contribution in [0.4, 0.5) is 0 Å². The summed E-state index contributed by atoms with van der Waals surface area (Å²) in [6.45, 7) is 0.480. The molecule has 2 bridgehead atoms. The number of sulfonamides is 1. The maximum Gasteiger partial charge on any atom is 0.349 e. The van der Waals surface area contributed by atoms with Crippen molar-refractivity contribution < 1.29 is 27.5 Å². The lowest BCUT2D eigenvalue weighted by Gasteiger charge is -2.35. The van der Waals surface area contributed by atoms with Crippen molar-refractivity contribution in [3.63, 3.8) is 0 Å². The van der Waals surface area contributed by atoms with Crippen LogP contribution < -0.4 is 5.73 Å². The van der Waals surface area contributed by atoms with E-state index in [9.17, 15) is 28.1 Å². The number of likely N-dealkylation sites (tertiary alicyclic amines) is 2. The van der Waals surface area contributed by atoms with E-state index in [1.165, 1.54) is 28.4 Å². The number of hydrogen-bond acceptors (Lipinski definition) is 9. The fourth-order valence-corrected chi connectivity index (χ4v) is 7.59. The highest BCUT2D eigenvalue weighted by Crippen LogP contribution is 2.37. The Hall–Kier alpha value is -2.53. The summed E-state index contributed by atoms with van der Waals surface area (Å²) in [5.41, 5.74) is 6.08. The van der Waals surface area contributed by atoms with Gasteiger partial charge in [-0.2, -0.15) is 9.57 Å². The monoisotopic (exact) mass is 481 g/mol. The number of amides is 2. The molecule has 1 aromatic heterocycles. The van der Waals surface area contributed by atoms with E-state index in [1.807, 2.05) is 0 Å². The molecule has 0 saturated carbocycles. The first-order valence-corrected chi connectivity index (χ1v) is 12.5. The summed E-state index contributed by atoms with van der Waals surface area (Å²) < 4.78 is 32.2. The fraction of sp³-hybridized carbons (Fsp3) is 0.579. The Morgan fingerprint density at radius 1 is 1.44 bits per heavy atom. The zero-order valence-electron chi connectivity index (χ0n) is 17.3. The first-order chi connectivity index (χ1) is 15.2. The van der Waals surface area contributed by atoms with Crippen molar-refractivity contribution in [2.24, 2.45) is 5.73 Å². The zero-order chi connectivity index (χ0) is 23.2. The van der Waals surface area contributed by atoms with E-state index in [4.69, 9.17) is 5.73 Å². The molecule has 0 radical (unpaired) electrons. The van der Waals surface area contributed by atoms with Crippen LogP contribution in [0.2, 0.25) is 0 Å². The summed E-state index contributed by atoms with van der Waals surface area (Å²) in [5, 5.41) is 10.7. The summed E-state index contributed by atoms with van der Waals surface area (Å²) in [6.07, 6.45) is 1.62. The fourth-order valence-electron chi connectivity index (χ4n) is 4.65. The molecular weight excluding hydrogens is 458 g/mol. The predicted octanol–water partition coefficient (Wildman–Crippen LogP) is -0.650. The molecule has 2 N–H and O–H groups in total. The van der Waals surface area contributed by atoms with Crippen molar-refractivity contribution in [1.82, 2.24) is 14.1 Å². The van der Waals surface area contributed by atoms with Crippen LogP contribution in [0.25, 0.3) is 0 Å². The second kappa shape index (κ2) is 8.43. The predicted molar refractivity (Wildman–Crippen MR) is 112 cm³/mol. The molecule has 11 nitrogen and oxygen atoms in total. The minimum Gasteiger partial charge on any atom is -0.465 e. The molecular formula is C19H23N5O6S2. The summed E-state index contributed by atoms with van der Waals surface area (Å²) >= 11 is 0.958. The minimum atomic E-state index is -4.08. The molecule has 0 aromatic carbocycles. The molecule has 4 rings (SSSR count). The molecule has 4 atom stereocenters. The molecule has 172 valence electrons. The van der Waals surface area contributed by atoms with Gasteiger partial charge in [0.15, 0.2) is 0 Å². The van der Waals surface area contributed by atoms with Crippen molar-refractivity contribution in [3.05, 3.63) is 16.3 Å². The van der Waals surface area contributed by atoms with Gasteiger partial charge >= 0.3 is 5.97 Å². The van der Waals surface area contributed by atoms with Crippen molar-refractivity contribution >= 4 is 39.1 Å². The van der Waals surface area contributed by atoms with Crippen LogP contribution in [-0.2, 0) is 24.3 Å². The second-order valence-corrected chi connectivity index (χ2v) is 10.8. The number of piperazine rings is 1. The summed E-state index contributed by atoms with van der Waals surface area (Å²) in [5.74, 6) is -1.55. The third-order valence-electron chi connectivity index (χ3n) is 6.22. The zero-order valence-corrected chi connectivity index (χ0v) is 19.0. The second-order valence-electron chi connectivity index (χ2n) is 8.00. The number of nitrogens with zero attached hydrogens (tertiary/aromatic N) is 4. The number of fused-ring (bicyclic) bond motifs is 2. The Morgan fingerprint density at radius 2 is 2.19 bits per heavy atom. The lowest BCUT2D eigenvalue weighted by atomic mass is 10.2. The van der Waals surface area contributed by atoms with Gasteiger partial charge in [-0.15, -0.1) is 11.3 Å². The molecule has 0 unspecified atom stereocenters. The maximum atomic E-state index is 13.2. The molecule has 3 saturated heterocycles. The summed E-state index contributed by atoms with van der Waals surface area (Å²) in [4.78, 5) is 40.3. The number of rotatable bonds is 6. The van der Waals surface area contributed by atoms with Gasteiger partial charge < -0.3 is 20.3 Å². The highest BCUT2D eigenvalue weighted by Gasteiger charge is 2.55. The Labute approximate surface area is 189 Å². The van der Waals surface area contributed by atoms with E-state index in [2.05, 4.69) is 10.8 Å². The van der Waals surface area contributed by atoms with Gasteiger partial charge in [0.2, 0.25) is 21.8 Å². The number of nitrogens with two attached hydrogens (primary N) is 1. The van der Waals surface area contributed by atoms with E-state index in [0.717, 1.165) is 22.1 Å². The maximum absolute atomic E-state index is 13.2. The van der Waals surface area contributed by atoms with Crippen LogP contribution >= 0.6 is 11.3 Å². The first-order valence-electron chi connectivity index (χ1n) is 10.1. The number of ether oxygens (including phenoxy) is 1. The standard InChI is InChI=1S/C19H23N5O6S2/c1-30-19(27)16-15(4-6-31-16)32(28,29)24-9-12-7-14(24)18(26)23(12)10-13(21)17(25)22-5-2-3-11(22)8-20/h4,6,11-14H,2-3,5,7,9-10,21H2,1H3/t11-,12-,13-,14-/m0/s1. The third kappa shape index (κ3) is 3.57. The smallest absolute Gasteiger partial charge is 0.349 e. The van der Waals surface area contributed by atoms with Crippen LogP contribution in [0.3, 0.4) is 0 Å². The quantitative estimate of drug-likeness (QED) is 0.526. The van der Waals surface area contributed by atoms with E-state index in [1.54, 1.807) is 0 Å². The van der Waals surface area contributed by atoms with Crippen LogP contribution in [0, 0.1) is 11.3 Å². The van der Waals surface area contributed by atoms with Gasteiger partial charge in [0.05, 0.1) is 13.2 Å². The molecule has 2 amide bonds. The van der Waals surface area contributed by atoms with Gasteiger partial charge in [0.25, 0.3) is 0 Å². The topological polar surface area (TPSA) is 154 Å². The number of thiophene rings is 1. The Kier molecular flexibility index (Phi) is 5.97. The van der Waals surface area contributed by atoms with Gasteiger partial charge in [-0.1, -0.05) is 0 Å². The Morgan fingerprint density at radius 3 is 2.84 bits per heavy atom. The Balaban J connectivity index is 1.47. The average molecular weight is 482 g/mol. The normalized spacial score (nSPS) is 26.4. The molecule has 13 heteroatoms. The third-order valence-corrected chi connectivity index (χ3v) is 9.17. The number of hydrogen-bond donors (Lipinski definition) is 1. The van der Waals surface area contributed by atoms with Gasteiger partial charge in [-0.25, -0.2) is 13.2 Å². The van der Waals surface area contributed by atoms with Gasteiger partial charge in [-0.05, 0) is 30.7 Å². The van der Waals surface area contributed by atoms with E-state index < -0.39 is 46.1 Å². The highest BCUT2D eigenvalue weighted by atomic mass is 32.2. The number of esters is 1. The number of methoxy groups -OCH3 is 1. The van der Waals surface area contributed by atoms with Crippen LogP contribution in [0.15, 0.2) is 16.3 Å². The van der Waals surface area contributed by atoms with Gasteiger partial charge in [0.1, 0.15) is 27.9 Å². The number of carbonyl (C=O) groups is 3. The van der Waals surface area contributed by atoms with Gasteiger partial charge in [0, 0.05) is 25.7 Å². The van der Waals surface area contributed by atoms with Gasteiger partial charge in [-0.3, -0.25) is 9.59 Å². The molecule has 4 heterocycles. The molecule has 3 fully saturated rings. The summed E-state index contributed by atoms with van der Waals surface area (Å²) in [7, 11) is -2.91. The van der Waals surface area contributed by atoms with E-state index >= 15 is 0 Å². The van der Waals surface area contributed by atoms with Crippen LogP contribution in [0.5, 0.6) is 0 Å². The van der Waals surface area contributed by atoms with Crippen molar-refractivity contribution in [2.45, 2.75) is 48.3 Å². The van der Waals surface area contributed by atoms with Crippen molar-refractivity contribution in [1.29, 1.82) is 5.26 Å². The lowest BCUT2D eigenvalue weighted by Crippen LogP contribution is -2.57. The number of carbonyl (C=O) groups excluding carboxylic acids is 3. The molecule has 0 spiro atoms. The molecule has 3 aliphatic rings. The number of nitriles is 1. The first kappa shape index (κ1) is 22.7. The van der Waals surface area contributed by atoms with E-state index in [0.29, 0.717) is 19.4 Å². The molecule has 1 aromatic rings. The van der Waals surface area contributed by atoms with Crippen molar-refractivity contribution in [3.8, 4) is 6.07 Å². The molecule has 32 heavy (non-hydrogen) atoms. The van der Waals surface area contributed by atoms with Crippen molar-refractivity contribution in [2.75, 3.05) is 26.7 Å². The highest BCUT2D eigenvalue weighted by molar-refractivity contribution is 7.89. The molecule has 0 aliphatic carbocycles. The largest absolute Gasteiger partial charge is 0.465 e. The SMILES string of the molecule is COC(=O)c1sccc1S(=O)(=O)N1C[C@@H]2C[C@H]1C(=O)N2C[C@H](N)C(=O)N1CCC[C@H]1C#N. The Bertz CT molecular complexity index is 1100. The average Bonchev–Trinajstić information content (AvgIpc) is 3.56. The molecule has 3 aliphatic heterocycles. The van der Waals surface area contributed by atoms with Crippen LogP contribution in [0.1, 0.15) is 28.9 Å². The summed E-state index contributed by atoms with van der Waals surface area (Å²) in [6, 6.07) is 0.618.